The van der Waals surface area contributed by atoms with E-state index in [-0.39, 0.29) is 18.1 Å². The lowest BCUT2D eigenvalue weighted by molar-refractivity contribution is -0.146. The van der Waals surface area contributed by atoms with E-state index in [1.54, 1.807) is 0 Å². The van der Waals surface area contributed by atoms with Gasteiger partial charge in [0.2, 0.25) is 0 Å². The number of carbonyl (C=O) groups is 1. The molecule has 1 heterocycles. The van der Waals surface area contributed by atoms with Crippen molar-refractivity contribution >= 4 is 5.97 Å². The van der Waals surface area contributed by atoms with Crippen LogP contribution in [0.4, 0.5) is 0 Å². The maximum absolute atomic E-state index is 11.9. The Hall–Kier alpha value is -0.650. The first-order valence-electron chi connectivity index (χ1n) is 7.32. The topological polar surface area (TPSA) is 50.8 Å². The maximum Gasteiger partial charge on any atom is 0.324 e. The third kappa shape index (κ3) is 5.09. The highest BCUT2D eigenvalue weighted by molar-refractivity contribution is 5.76. The number of ether oxygens (including phenoxy) is 2. The van der Waals surface area contributed by atoms with Crippen molar-refractivity contribution < 1.29 is 14.3 Å². The van der Waals surface area contributed by atoms with Gasteiger partial charge >= 0.3 is 5.97 Å². The molecule has 0 aliphatic carbocycles. The van der Waals surface area contributed by atoms with Crippen molar-refractivity contribution in [2.24, 2.45) is 0 Å². The molecule has 0 bridgehead atoms. The molecule has 0 aromatic carbocycles. The van der Waals surface area contributed by atoms with Crippen LogP contribution in [0.1, 0.15) is 33.6 Å². The third-order valence-electron chi connectivity index (χ3n) is 3.58. The molecule has 0 amide bonds. The zero-order valence-electron chi connectivity index (χ0n) is 12.6. The van der Waals surface area contributed by atoms with Crippen LogP contribution in [-0.2, 0) is 14.3 Å². The van der Waals surface area contributed by atoms with Crippen molar-refractivity contribution in [2.75, 3.05) is 33.4 Å². The van der Waals surface area contributed by atoms with E-state index < -0.39 is 0 Å². The predicted molar refractivity (Wildman–Crippen MR) is 75.2 cm³/mol. The Labute approximate surface area is 116 Å². The molecule has 0 spiro atoms. The third-order valence-corrected chi connectivity index (χ3v) is 3.58. The minimum atomic E-state index is -0.252. The van der Waals surface area contributed by atoms with E-state index in [1.165, 1.54) is 0 Å². The van der Waals surface area contributed by atoms with Gasteiger partial charge in [0.25, 0.3) is 0 Å². The van der Waals surface area contributed by atoms with E-state index in [1.807, 2.05) is 6.92 Å². The van der Waals surface area contributed by atoms with Crippen molar-refractivity contribution in [3.05, 3.63) is 0 Å². The molecule has 3 unspecified atom stereocenters. The molecular weight excluding hydrogens is 244 g/mol. The van der Waals surface area contributed by atoms with Crippen LogP contribution in [0.15, 0.2) is 0 Å². The molecule has 1 fully saturated rings. The van der Waals surface area contributed by atoms with Crippen LogP contribution in [0.25, 0.3) is 0 Å². The summed E-state index contributed by atoms with van der Waals surface area (Å²) < 4.78 is 10.7. The summed E-state index contributed by atoms with van der Waals surface area (Å²) in [6.45, 7) is 8.74. The number of nitrogens with zero attached hydrogens (tertiary/aromatic N) is 1. The number of esters is 1. The molecular formula is C14H28N2O3. The molecule has 1 aliphatic rings. The van der Waals surface area contributed by atoms with E-state index in [9.17, 15) is 4.79 Å². The number of hydrogen-bond donors (Lipinski definition) is 1. The molecule has 5 heteroatoms. The summed E-state index contributed by atoms with van der Waals surface area (Å²) >= 11 is 0. The van der Waals surface area contributed by atoms with Crippen LogP contribution in [0.5, 0.6) is 0 Å². The van der Waals surface area contributed by atoms with E-state index in [0.717, 1.165) is 26.0 Å². The second kappa shape index (κ2) is 8.51. The maximum atomic E-state index is 11.9. The number of carbonyl (C=O) groups excluding carboxylic acids is 1. The quantitative estimate of drug-likeness (QED) is 0.669. The Balaban J connectivity index is 2.52. The van der Waals surface area contributed by atoms with Crippen LogP contribution in [0.3, 0.4) is 0 Å². The molecule has 1 N–H and O–H groups in total. The first-order valence-corrected chi connectivity index (χ1v) is 7.32. The SMILES string of the molecule is CCCNC(CN(C)C1CCOC1C)C(=O)OCC. The first kappa shape index (κ1) is 16.4. The van der Waals surface area contributed by atoms with Gasteiger partial charge in [0.15, 0.2) is 0 Å². The normalized spacial score (nSPS) is 24.7. The van der Waals surface area contributed by atoms with Crippen molar-refractivity contribution in [3.8, 4) is 0 Å². The van der Waals surface area contributed by atoms with Gasteiger partial charge in [0.1, 0.15) is 6.04 Å². The Morgan fingerprint density at radius 2 is 2.26 bits per heavy atom. The van der Waals surface area contributed by atoms with Gasteiger partial charge in [-0.3, -0.25) is 9.69 Å². The van der Waals surface area contributed by atoms with Gasteiger partial charge in [-0.1, -0.05) is 6.92 Å². The average molecular weight is 272 g/mol. The van der Waals surface area contributed by atoms with Crippen molar-refractivity contribution in [1.82, 2.24) is 10.2 Å². The Bertz CT molecular complexity index is 273. The Morgan fingerprint density at radius 1 is 1.53 bits per heavy atom. The fourth-order valence-electron chi connectivity index (χ4n) is 2.51. The van der Waals surface area contributed by atoms with Crippen LogP contribution < -0.4 is 5.32 Å². The fourth-order valence-corrected chi connectivity index (χ4v) is 2.51. The highest BCUT2D eigenvalue weighted by Crippen LogP contribution is 2.18. The smallest absolute Gasteiger partial charge is 0.324 e. The highest BCUT2D eigenvalue weighted by Gasteiger charge is 2.30. The summed E-state index contributed by atoms with van der Waals surface area (Å²) in [6, 6.07) is 0.137. The van der Waals surface area contributed by atoms with Gasteiger partial charge in [-0.25, -0.2) is 0 Å². The number of nitrogens with one attached hydrogen (secondary N) is 1. The largest absolute Gasteiger partial charge is 0.465 e. The molecule has 1 aliphatic heterocycles. The zero-order valence-corrected chi connectivity index (χ0v) is 12.6. The standard InChI is InChI=1S/C14H28N2O3/c1-5-8-15-12(14(17)18-6-2)10-16(4)13-7-9-19-11(13)3/h11-13,15H,5-10H2,1-4H3. The lowest BCUT2D eigenvalue weighted by atomic mass is 10.1. The van der Waals surface area contributed by atoms with E-state index in [4.69, 9.17) is 9.47 Å². The zero-order chi connectivity index (χ0) is 14.3. The summed E-state index contributed by atoms with van der Waals surface area (Å²) in [4.78, 5) is 14.1. The molecule has 0 aromatic rings. The fraction of sp³-hybridized carbons (Fsp3) is 0.929. The summed E-state index contributed by atoms with van der Waals surface area (Å²) in [6.07, 6.45) is 2.27. The van der Waals surface area contributed by atoms with Crippen molar-refractivity contribution in [2.45, 2.75) is 51.8 Å². The number of rotatable bonds is 8. The van der Waals surface area contributed by atoms with Crippen molar-refractivity contribution in [3.63, 3.8) is 0 Å². The van der Waals surface area contributed by atoms with Gasteiger partial charge in [0, 0.05) is 19.2 Å². The molecule has 0 aromatic heterocycles. The van der Waals surface area contributed by atoms with Gasteiger partial charge in [-0.05, 0) is 40.3 Å². The molecule has 1 rings (SSSR count). The predicted octanol–water partition coefficient (Wildman–Crippen LogP) is 1.03. The van der Waals surface area contributed by atoms with E-state index in [2.05, 4.69) is 31.1 Å². The molecule has 19 heavy (non-hydrogen) atoms. The van der Waals surface area contributed by atoms with Crippen molar-refractivity contribution in [1.29, 1.82) is 0 Å². The lowest BCUT2D eigenvalue weighted by Gasteiger charge is -2.30. The number of likely N-dealkylation sites (N-methyl/N-ethyl adjacent to an activating group) is 1. The highest BCUT2D eigenvalue weighted by atomic mass is 16.5. The van der Waals surface area contributed by atoms with Gasteiger partial charge in [-0.2, -0.15) is 0 Å². The second-order valence-corrected chi connectivity index (χ2v) is 5.13. The number of hydrogen-bond acceptors (Lipinski definition) is 5. The Morgan fingerprint density at radius 3 is 2.79 bits per heavy atom. The Kier molecular flexibility index (Phi) is 7.34. The minimum absolute atomic E-state index is 0.158. The molecule has 5 nitrogen and oxygen atoms in total. The molecule has 3 atom stereocenters. The monoisotopic (exact) mass is 272 g/mol. The molecule has 112 valence electrons. The lowest BCUT2D eigenvalue weighted by Crippen LogP contribution is -2.50. The van der Waals surface area contributed by atoms with Crippen LogP contribution in [-0.4, -0.2) is 62.4 Å². The second-order valence-electron chi connectivity index (χ2n) is 5.13. The van der Waals surface area contributed by atoms with Gasteiger partial charge < -0.3 is 14.8 Å². The van der Waals surface area contributed by atoms with E-state index >= 15 is 0 Å². The molecule has 1 saturated heterocycles. The summed E-state index contributed by atoms with van der Waals surface area (Å²) in [7, 11) is 2.05. The van der Waals surface area contributed by atoms with Crippen LogP contribution in [0.2, 0.25) is 0 Å². The molecule has 0 radical (unpaired) electrons. The van der Waals surface area contributed by atoms with Crippen LogP contribution in [0, 0.1) is 0 Å². The molecule has 0 saturated carbocycles. The summed E-state index contributed by atoms with van der Waals surface area (Å²) in [5.41, 5.74) is 0. The van der Waals surface area contributed by atoms with Crippen LogP contribution >= 0.6 is 0 Å². The van der Waals surface area contributed by atoms with Gasteiger partial charge in [0.05, 0.1) is 12.7 Å². The first-order chi connectivity index (χ1) is 9.10. The van der Waals surface area contributed by atoms with E-state index in [0.29, 0.717) is 19.2 Å². The summed E-state index contributed by atoms with van der Waals surface area (Å²) in [5.74, 6) is -0.158. The van der Waals surface area contributed by atoms with Gasteiger partial charge in [-0.15, -0.1) is 0 Å². The summed E-state index contributed by atoms with van der Waals surface area (Å²) in [5, 5.41) is 3.27. The average Bonchev–Trinajstić information content (AvgIpc) is 2.80. The minimum Gasteiger partial charge on any atom is -0.465 e.